The smallest absolute Gasteiger partial charge is 0.142 e. The molecule has 1 N–H and O–H groups in total. The van der Waals surface area contributed by atoms with Crippen molar-refractivity contribution in [2.24, 2.45) is 5.92 Å². The van der Waals surface area contributed by atoms with Gasteiger partial charge >= 0.3 is 0 Å². The van der Waals surface area contributed by atoms with E-state index < -0.39 is 0 Å². The number of hydrogen-bond donors (Lipinski definition) is 1. The number of rotatable bonds is 6. The molecule has 1 aromatic rings. The lowest BCUT2D eigenvalue weighted by atomic mass is 10.0. The van der Waals surface area contributed by atoms with Crippen molar-refractivity contribution in [2.45, 2.75) is 33.3 Å². The Bertz CT molecular complexity index is 360. The summed E-state index contributed by atoms with van der Waals surface area (Å²) in [4.78, 5) is 0. The van der Waals surface area contributed by atoms with Crippen LogP contribution in [0.15, 0.2) is 36.4 Å². The van der Waals surface area contributed by atoms with Crippen molar-refractivity contribution in [3.8, 4) is 5.75 Å². The molecule has 1 unspecified atom stereocenters. The maximum absolute atomic E-state index is 6.00. The summed E-state index contributed by atoms with van der Waals surface area (Å²) < 4.78 is 6.00. The second-order valence-electron chi connectivity index (χ2n) is 4.35. The maximum Gasteiger partial charge on any atom is 0.142 e. The molecular weight excluding hydrogens is 210 g/mol. The summed E-state index contributed by atoms with van der Waals surface area (Å²) in [5.41, 5.74) is 1.04. The topological polar surface area (TPSA) is 21.3 Å². The normalized spacial score (nSPS) is 14.6. The fraction of sp³-hybridized carbons (Fsp3) is 0.467. The van der Waals surface area contributed by atoms with Crippen molar-refractivity contribution in [3.05, 3.63) is 36.4 Å². The molecule has 0 aliphatic heterocycles. The molecule has 1 rings (SSSR count). The number of nitrogens with one attached hydrogen (secondary N) is 1. The molecule has 0 spiro atoms. The van der Waals surface area contributed by atoms with Crippen LogP contribution in [0.1, 0.15) is 27.2 Å². The Morgan fingerprint density at radius 1 is 1.29 bits per heavy atom. The molecule has 0 radical (unpaired) electrons. The molecule has 0 saturated carbocycles. The Morgan fingerprint density at radius 3 is 2.65 bits per heavy atom. The second-order valence-corrected chi connectivity index (χ2v) is 4.35. The highest BCUT2D eigenvalue weighted by molar-refractivity contribution is 5.55. The molecule has 1 aromatic carbocycles. The molecule has 2 atom stereocenters. The van der Waals surface area contributed by atoms with Crippen LogP contribution in [0, 0.1) is 5.92 Å². The highest BCUT2D eigenvalue weighted by Gasteiger charge is 2.13. The summed E-state index contributed by atoms with van der Waals surface area (Å²) in [5.74, 6) is 1.44. The highest BCUT2D eigenvalue weighted by Crippen LogP contribution is 2.26. The lowest BCUT2D eigenvalue weighted by Crippen LogP contribution is -2.21. The number of hydrogen-bond acceptors (Lipinski definition) is 2. The van der Waals surface area contributed by atoms with Crippen LogP contribution in [-0.4, -0.2) is 13.2 Å². The van der Waals surface area contributed by atoms with E-state index >= 15 is 0 Å². The number of benzene rings is 1. The van der Waals surface area contributed by atoms with Gasteiger partial charge < -0.3 is 10.1 Å². The van der Waals surface area contributed by atoms with Crippen LogP contribution < -0.4 is 10.1 Å². The van der Waals surface area contributed by atoms with Crippen LogP contribution in [0.4, 0.5) is 5.69 Å². The van der Waals surface area contributed by atoms with Gasteiger partial charge in [-0.3, -0.25) is 0 Å². The zero-order valence-corrected chi connectivity index (χ0v) is 11.2. The van der Waals surface area contributed by atoms with E-state index in [1.165, 1.54) is 0 Å². The Kier molecular flexibility index (Phi) is 5.61. The van der Waals surface area contributed by atoms with Gasteiger partial charge in [0.25, 0.3) is 0 Å². The third-order valence-electron chi connectivity index (χ3n) is 3.01. The maximum atomic E-state index is 6.00. The third-order valence-corrected chi connectivity index (χ3v) is 3.01. The van der Waals surface area contributed by atoms with Gasteiger partial charge in [0, 0.05) is 7.05 Å². The predicted octanol–water partition coefficient (Wildman–Crippen LogP) is 4.10. The molecule has 0 aliphatic carbocycles. The zero-order valence-electron chi connectivity index (χ0n) is 11.2. The van der Waals surface area contributed by atoms with E-state index in [2.05, 4.69) is 38.2 Å². The molecule has 17 heavy (non-hydrogen) atoms. The molecule has 0 bridgehead atoms. The lowest BCUT2D eigenvalue weighted by Gasteiger charge is -2.22. The minimum atomic E-state index is 0.209. The van der Waals surface area contributed by atoms with Gasteiger partial charge in [-0.2, -0.15) is 0 Å². The summed E-state index contributed by atoms with van der Waals surface area (Å²) in [6, 6.07) is 8.04. The molecule has 0 saturated heterocycles. The molecule has 94 valence electrons. The zero-order chi connectivity index (χ0) is 12.7. The van der Waals surface area contributed by atoms with Crippen LogP contribution >= 0.6 is 0 Å². The van der Waals surface area contributed by atoms with Gasteiger partial charge in [0.1, 0.15) is 5.75 Å². The summed E-state index contributed by atoms with van der Waals surface area (Å²) in [7, 11) is 1.91. The summed E-state index contributed by atoms with van der Waals surface area (Å²) in [6.45, 7) is 6.39. The Morgan fingerprint density at radius 2 is 2.00 bits per heavy atom. The van der Waals surface area contributed by atoms with E-state index in [9.17, 15) is 0 Å². The van der Waals surface area contributed by atoms with E-state index in [0.29, 0.717) is 5.92 Å². The van der Waals surface area contributed by atoms with E-state index in [4.69, 9.17) is 4.74 Å². The molecule has 0 fully saturated rings. The van der Waals surface area contributed by atoms with E-state index in [1.54, 1.807) is 0 Å². The van der Waals surface area contributed by atoms with Gasteiger partial charge in [0.05, 0.1) is 11.8 Å². The first-order valence-corrected chi connectivity index (χ1v) is 6.23. The fourth-order valence-electron chi connectivity index (χ4n) is 1.63. The van der Waals surface area contributed by atoms with Crippen molar-refractivity contribution >= 4 is 5.69 Å². The monoisotopic (exact) mass is 233 g/mol. The minimum Gasteiger partial charge on any atom is -0.488 e. The first-order chi connectivity index (χ1) is 8.19. The number of anilines is 1. The molecular formula is C15H23NO. The number of para-hydroxylation sites is 2. The minimum absolute atomic E-state index is 0.209. The van der Waals surface area contributed by atoms with Gasteiger partial charge in [0.15, 0.2) is 0 Å². The number of allylic oxidation sites excluding steroid dienone is 2. The van der Waals surface area contributed by atoms with Crippen LogP contribution in [0.3, 0.4) is 0 Å². The van der Waals surface area contributed by atoms with Crippen molar-refractivity contribution in [1.29, 1.82) is 0 Å². The SMILES string of the molecule is C/C=C\CC(C)[C@H](C)Oc1ccccc1NC. The van der Waals surface area contributed by atoms with E-state index in [-0.39, 0.29) is 6.10 Å². The van der Waals surface area contributed by atoms with Gasteiger partial charge in [0.2, 0.25) is 0 Å². The highest BCUT2D eigenvalue weighted by atomic mass is 16.5. The quantitative estimate of drug-likeness (QED) is 0.747. The van der Waals surface area contributed by atoms with Crippen molar-refractivity contribution in [2.75, 3.05) is 12.4 Å². The van der Waals surface area contributed by atoms with Crippen LogP contribution in [0.25, 0.3) is 0 Å². The molecule has 0 amide bonds. The average Bonchev–Trinajstić information content (AvgIpc) is 2.36. The third kappa shape index (κ3) is 4.14. The summed E-state index contributed by atoms with van der Waals surface area (Å²) in [6.07, 6.45) is 5.54. The molecule has 0 aromatic heterocycles. The van der Waals surface area contributed by atoms with Crippen LogP contribution in [-0.2, 0) is 0 Å². The molecule has 0 aliphatic rings. The first-order valence-electron chi connectivity index (χ1n) is 6.23. The first kappa shape index (κ1) is 13.6. The van der Waals surface area contributed by atoms with E-state index in [1.807, 2.05) is 31.3 Å². The van der Waals surface area contributed by atoms with Gasteiger partial charge in [-0.05, 0) is 38.3 Å². The largest absolute Gasteiger partial charge is 0.488 e. The summed E-state index contributed by atoms with van der Waals surface area (Å²) >= 11 is 0. The average molecular weight is 233 g/mol. The van der Waals surface area contributed by atoms with Crippen LogP contribution in [0.5, 0.6) is 5.75 Å². The molecule has 0 heterocycles. The van der Waals surface area contributed by atoms with Crippen LogP contribution in [0.2, 0.25) is 0 Å². The Balaban J connectivity index is 2.63. The number of ether oxygens (including phenoxy) is 1. The fourth-order valence-corrected chi connectivity index (χ4v) is 1.63. The van der Waals surface area contributed by atoms with E-state index in [0.717, 1.165) is 17.9 Å². The van der Waals surface area contributed by atoms with Crippen molar-refractivity contribution < 1.29 is 4.74 Å². The Hall–Kier alpha value is -1.44. The molecule has 2 nitrogen and oxygen atoms in total. The van der Waals surface area contributed by atoms with Gasteiger partial charge in [-0.15, -0.1) is 0 Å². The van der Waals surface area contributed by atoms with Crippen molar-refractivity contribution in [3.63, 3.8) is 0 Å². The lowest BCUT2D eigenvalue weighted by molar-refractivity contribution is 0.163. The van der Waals surface area contributed by atoms with Gasteiger partial charge in [-0.1, -0.05) is 31.2 Å². The van der Waals surface area contributed by atoms with Gasteiger partial charge in [-0.25, -0.2) is 0 Å². The second kappa shape index (κ2) is 7.00. The molecule has 2 heteroatoms. The standard InChI is InChI=1S/C15H23NO/c1-5-6-9-12(2)13(3)17-15-11-8-7-10-14(15)16-4/h5-8,10-13,16H,9H2,1-4H3/b6-5-/t12?,13-/m0/s1. The Labute approximate surface area is 105 Å². The summed E-state index contributed by atoms with van der Waals surface area (Å²) in [5, 5.41) is 3.14. The predicted molar refractivity (Wildman–Crippen MR) is 74.7 cm³/mol. The van der Waals surface area contributed by atoms with Crippen molar-refractivity contribution in [1.82, 2.24) is 0 Å².